The fourth-order valence-electron chi connectivity index (χ4n) is 4.32. The van der Waals surface area contributed by atoms with Gasteiger partial charge in [0.1, 0.15) is 11.6 Å². The van der Waals surface area contributed by atoms with Gasteiger partial charge in [0.2, 0.25) is 15.9 Å². The Morgan fingerprint density at radius 2 is 1.92 bits per heavy atom. The molecule has 5 rings (SSSR count). The largest absolute Gasteiger partial charge is 0.467 e. The Bertz CT molecular complexity index is 1460. The molecule has 0 radical (unpaired) electrons. The van der Waals surface area contributed by atoms with Gasteiger partial charge in [0, 0.05) is 19.0 Å². The van der Waals surface area contributed by atoms with Crippen LogP contribution in [0.1, 0.15) is 24.2 Å². The number of fused-ring (bicyclic) bond motifs is 1. The van der Waals surface area contributed by atoms with Crippen molar-refractivity contribution in [2.75, 3.05) is 18.0 Å². The molecule has 11 heteroatoms. The van der Waals surface area contributed by atoms with Crippen molar-refractivity contribution in [2.45, 2.75) is 31.2 Å². The van der Waals surface area contributed by atoms with Gasteiger partial charge < -0.3 is 4.42 Å². The number of aromatic nitrogens is 1. The number of carbonyl (C=O) groups is 1. The molecule has 0 N–H and O–H groups in total. The first-order valence-corrected chi connectivity index (χ1v) is 14.0. The second kappa shape index (κ2) is 9.93. The van der Waals surface area contributed by atoms with E-state index in [1.807, 2.05) is 19.1 Å². The molecular formula is C25H23ClFN3O4S2. The molecule has 4 aromatic rings. The third-order valence-corrected chi connectivity index (χ3v) is 9.78. The zero-order chi connectivity index (χ0) is 25.4. The maximum absolute atomic E-state index is 13.7. The van der Waals surface area contributed by atoms with Gasteiger partial charge in [0.05, 0.1) is 32.9 Å². The number of benzene rings is 2. The molecule has 1 fully saturated rings. The molecule has 188 valence electrons. The minimum atomic E-state index is -3.77. The van der Waals surface area contributed by atoms with Gasteiger partial charge >= 0.3 is 0 Å². The number of halogens is 2. The summed E-state index contributed by atoms with van der Waals surface area (Å²) in [6.07, 6.45) is 2.27. The highest BCUT2D eigenvalue weighted by Gasteiger charge is 2.35. The van der Waals surface area contributed by atoms with Gasteiger partial charge in [0.15, 0.2) is 5.13 Å². The number of hydrogen-bond donors (Lipinski definition) is 0. The lowest BCUT2D eigenvalue weighted by Crippen LogP contribution is -2.44. The number of anilines is 1. The zero-order valence-electron chi connectivity index (χ0n) is 19.4. The van der Waals surface area contributed by atoms with E-state index in [4.69, 9.17) is 21.0 Å². The van der Waals surface area contributed by atoms with E-state index in [1.165, 1.54) is 27.8 Å². The van der Waals surface area contributed by atoms with E-state index in [0.717, 1.165) is 27.9 Å². The third kappa shape index (κ3) is 4.78. The van der Waals surface area contributed by atoms with Crippen molar-refractivity contribution < 1.29 is 22.0 Å². The van der Waals surface area contributed by atoms with Crippen LogP contribution in [0.3, 0.4) is 0 Å². The summed E-state index contributed by atoms with van der Waals surface area (Å²) in [5.74, 6) is -0.413. The van der Waals surface area contributed by atoms with Gasteiger partial charge in [-0.2, -0.15) is 4.31 Å². The minimum absolute atomic E-state index is 0.0369. The molecule has 1 saturated heterocycles. The number of nitrogens with zero attached hydrogens (tertiary/aromatic N) is 3. The van der Waals surface area contributed by atoms with Crippen LogP contribution in [0.5, 0.6) is 0 Å². The molecule has 2 aromatic heterocycles. The molecule has 1 aliphatic rings. The van der Waals surface area contributed by atoms with Crippen molar-refractivity contribution in [3.8, 4) is 0 Å². The maximum atomic E-state index is 13.7. The summed E-state index contributed by atoms with van der Waals surface area (Å²) in [6.45, 7) is 2.53. The fraction of sp³-hybridized carbons (Fsp3) is 0.280. The van der Waals surface area contributed by atoms with Gasteiger partial charge in [-0.15, -0.1) is 0 Å². The van der Waals surface area contributed by atoms with E-state index in [2.05, 4.69) is 0 Å². The van der Waals surface area contributed by atoms with Crippen molar-refractivity contribution >= 4 is 54.2 Å². The van der Waals surface area contributed by atoms with E-state index < -0.39 is 15.8 Å². The summed E-state index contributed by atoms with van der Waals surface area (Å²) < 4.78 is 46.9. The molecule has 3 heterocycles. The summed E-state index contributed by atoms with van der Waals surface area (Å²) in [4.78, 5) is 20.1. The number of furan rings is 1. The van der Waals surface area contributed by atoms with Crippen molar-refractivity contribution in [1.82, 2.24) is 9.29 Å². The SMILES string of the molecule is Cc1ccc(Cl)c2sc(N(Cc3ccco3)C(=O)C3CCN(S(=O)(=O)c4ccc(F)cc4)CC3)nc12. The van der Waals surface area contributed by atoms with Gasteiger partial charge in [-0.1, -0.05) is 29.0 Å². The van der Waals surface area contributed by atoms with E-state index >= 15 is 0 Å². The molecule has 0 spiro atoms. The van der Waals surface area contributed by atoms with Crippen LogP contribution in [0, 0.1) is 18.7 Å². The van der Waals surface area contributed by atoms with Crippen molar-refractivity contribution in [3.05, 3.63) is 77.0 Å². The van der Waals surface area contributed by atoms with Crippen molar-refractivity contribution in [2.24, 2.45) is 5.92 Å². The maximum Gasteiger partial charge on any atom is 0.243 e. The number of thiazole rings is 1. The highest BCUT2D eigenvalue weighted by molar-refractivity contribution is 7.89. The highest BCUT2D eigenvalue weighted by Crippen LogP contribution is 2.37. The average Bonchev–Trinajstić information content (AvgIpc) is 3.56. The fourth-order valence-corrected chi connectivity index (χ4v) is 7.11. The number of carbonyl (C=O) groups excluding carboxylic acids is 1. The standard InChI is InChI=1S/C25H23ClFN3O4S2/c1-16-4-9-21(26)23-22(16)28-25(35-23)30(15-19-3-2-14-34-19)24(31)17-10-12-29(13-11-17)36(32,33)20-7-5-18(27)6-8-20/h2-9,14,17H,10-13,15H2,1H3. The molecule has 0 atom stereocenters. The van der Waals surface area contributed by atoms with Crippen LogP contribution in [0.2, 0.25) is 5.02 Å². The molecule has 2 aromatic carbocycles. The lowest BCUT2D eigenvalue weighted by Gasteiger charge is -2.32. The number of amides is 1. The van der Waals surface area contributed by atoms with Gasteiger partial charge in [0.25, 0.3) is 0 Å². The lowest BCUT2D eigenvalue weighted by molar-refractivity contribution is -0.123. The number of aryl methyl sites for hydroxylation is 1. The Morgan fingerprint density at radius 3 is 2.56 bits per heavy atom. The summed E-state index contributed by atoms with van der Waals surface area (Å²) in [7, 11) is -3.77. The quantitative estimate of drug-likeness (QED) is 0.313. The number of sulfonamides is 1. The van der Waals surface area contributed by atoms with E-state index in [0.29, 0.717) is 28.8 Å². The third-order valence-electron chi connectivity index (χ3n) is 6.33. The Hall–Kier alpha value is -2.79. The highest BCUT2D eigenvalue weighted by atomic mass is 35.5. The molecule has 0 unspecified atom stereocenters. The molecule has 1 amide bonds. The predicted molar refractivity (Wildman–Crippen MR) is 137 cm³/mol. The van der Waals surface area contributed by atoms with Crippen LogP contribution >= 0.6 is 22.9 Å². The topological polar surface area (TPSA) is 83.7 Å². The minimum Gasteiger partial charge on any atom is -0.467 e. The molecular weight excluding hydrogens is 525 g/mol. The van der Waals surface area contributed by atoms with Crippen LogP contribution in [0.15, 0.2) is 64.1 Å². The van der Waals surface area contributed by atoms with Gasteiger partial charge in [-0.25, -0.2) is 17.8 Å². The molecule has 36 heavy (non-hydrogen) atoms. The van der Waals surface area contributed by atoms with E-state index in [9.17, 15) is 17.6 Å². The lowest BCUT2D eigenvalue weighted by atomic mass is 9.96. The average molecular weight is 548 g/mol. The van der Waals surface area contributed by atoms with Crippen LogP contribution in [-0.2, 0) is 21.4 Å². The van der Waals surface area contributed by atoms with Gasteiger partial charge in [-0.3, -0.25) is 9.69 Å². The smallest absolute Gasteiger partial charge is 0.243 e. The Labute approximate surface area is 217 Å². The Morgan fingerprint density at radius 1 is 1.19 bits per heavy atom. The zero-order valence-corrected chi connectivity index (χ0v) is 21.7. The van der Waals surface area contributed by atoms with Crippen LogP contribution in [0.25, 0.3) is 10.2 Å². The Kier molecular flexibility index (Phi) is 6.86. The predicted octanol–water partition coefficient (Wildman–Crippen LogP) is 5.62. The summed E-state index contributed by atoms with van der Waals surface area (Å²) in [5, 5.41) is 1.09. The second-order valence-corrected chi connectivity index (χ2v) is 12.0. The Balaban J connectivity index is 1.38. The molecule has 7 nitrogen and oxygen atoms in total. The second-order valence-electron chi connectivity index (χ2n) is 8.67. The van der Waals surface area contributed by atoms with Crippen molar-refractivity contribution in [3.63, 3.8) is 0 Å². The summed E-state index contributed by atoms with van der Waals surface area (Å²) in [5.41, 5.74) is 1.71. The number of hydrogen-bond acceptors (Lipinski definition) is 6. The van der Waals surface area contributed by atoms with Crippen molar-refractivity contribution in [1.29, 1.82) is 0 Å². The first-order chi connectivity index (χ1) is 17.2. The summed E-state index contributed by atoms with van der Waals surface area (Å²) in [6, 6.07) is 12.0. The monoisotopic (exact) mass is 547 g/mol. The van der Waals surface area contributed by atoms with E-state index in [-0.39, 0.29) is 36.4 Å². The molecule has 0 saturated carbocycles. The molecule has 0 aliphatic carbocycles. The molecule has 1 aliphatic heterocycles. The van der Waals surface area contributed by atoms with Gasteiger partial charge in [-0.05, 0) is 67.8 Å². The number of piperidine rings is 1. The van der Waals surface area contributed by atoms with Crippen LogP contribution in [0.4, 0.5) is 9.52 Å². The van der Waals surface area contributed by atoms with Crippen LogP contribution < -0.4 is 4.90 Å². The normalized spacial score (nSPS) is 15.4. The van der Waals surface area contributed by atoms with Crippen LogP contribution in [-0.4, -0.2) is 36.7 Å². The summed E-state index contributed by atoms with van der Waals surface area (Å²) >= 11 is 7.75. The number of rotatable bonds is 6. The first kappa shape index (κ1) is 24.9. The molecule has 0 bridgehead atoms. The van der Waals surface area contributed by atoms with E-state index in [1.54, 1.807) is 23.3 Å². The first-order valence-electron chi connectivity index (χ1n) is 11.4.